The van der Waals surface area contributed by atoms with Crippen LogP contribution in [-0.4, -0.2) is 25.3 Å². The normalized spacial score (nSPS) is 20.4. The van der Waals surface area contributed by atoms with E-state index >= 15 is 4.39 Å². The van der Waals surface area contributed by atoms with E-state index < -0.39 is 32.9 Å². The van der Waals surface area contributed by atoms with E-state index in [4.69, 9.17) is 9.15 Å². The van der Waals surface area contributed by atoms with Crippen LogP contribution in [0.2, 0.25) is 0 Å². The number of fused-ring (bicyclic) bond motifs is 1. The Labute approximate surface area is 196 Å². The van der Waals surface area contributed by atoms with Crippen LogP contribution in [0.3, 0.4) is 0 Å². The topological polar surface area (TPSA) is 90.5 Å². The highest BCUT2D eigenvalue weighted by molar-refractivity contribution is 7.95. The molecule has 1 N–H and O–H groups in total. The maximum Gasteiger partial charge on any atom is 0.424 e. The molecule has 2 aliphatic heterocycles. The first-order chi connectivity index (χ1) is 16.0. The SMILES string of the molecule is C=C(C)COc1ccc(C2Nc3cccc4oc(=O)n(c34)C3=C2S(=O)(=O)CC(C)(C)C3)c(F)c1. The van der Waals surface area contributed by atoms with Crippen molar-refractivity contribution in [1.29, 1.82) is 0 Å². The minimum atomic E-state index is -3.86. The second-order valence-electron chi connectivity index (χ2n) is 9.77. The van der Waals surface area contributed by atoms with Crippen LogP contribution >= 0.6 is 0 Å². The quantitative estimate of drug-likeness (QED) is 0.532. The van der Waals surface area contributed by atoms with Crippen molar-refractivity contribution in [3.8, 4) is 5.75 Å². The number of rotatable bonds is 4. The van der Waals surface area contributed by atoms with Crippen LogP contribution in [0.1, 0.15) is 38.8 Å². The number of ether oxygens (including phenoxy) is 1. The zero-order chi connectivity index (χ0) is 24.4. The number of aromatic nitrogens is 1. The van der Waals surface area contributed by atoms with Crippen LogP contribution in [0.4, 0.5) is 10.1 Å². The number of hydrogen-bond donors (Lipinski definition) is 1. The fourth-order valence-corrected chi connectivity index (χ4v) is 7.16. The maximum atomic E-state index is 15.4. The second kappa shape index (κ2) is 7.59. The Morgan fingerprint density at radius 1 is 1.32 bits per heavy atom. The molecule has 34 heavy (non-hydrogen) atoms. The standard InChI is InChI=1S/C25H25FN2O5S/c1-14(2)12-32-15-8-9-16(17(26)10-15)21-23-19(11-25(3,4)13-34(23,30)31)28-22-18(27-21)6-5-7-20(22)33-24(28)29/h5-10,21,27H,1,11-13H2,2-4H3. The van der Waals surface area contributed by atoms with Gasteiger partial charge in [0, 0.05) is 17.3 Å². The first-order valence-corrected chi connectivity index (χ1v) is 12.6. The van der Waals surface area contributed by atoms with E-state index in [9.17, 15) is 13.2 Å². The smallest absolute Gasteiger partial charge is 0.424 e. The number of para-hydroxylation sites is 1. The number of nitrogens with zero attached hydrogens (tertiary/aromatic N) is 1. The van der Waals surface area contributed by atoms with Gasteiger partial charge in [0.05, 0.1) is 22.4 Å². The highest BCUT2D eigenvalue weighted by atomic mass is 32.2. The number of benzene rings is 2. The summed E-state index contributed by atoms with van der Waals surface area (Å²) in [7, 11) is -3.86. The van der Waals surface area contributed by atoms with Crippen LogP contribution in [-0.2, 0) is 9.84 Å². The molecule has 7 nitrogen and oxygen atoms in total. The van der Waals surface area contributed by atoms with E-state index in [1.165, 1.54) is 16.7 Å². The Balaban J connectivity index is 1.76. The molecular formula is C25H25FN2O5S. The minimum Gasteiger partial charge on any atom is -0.489 e. The molecule has 0 amide bonds. The average Bonchev–Trinajstić information content (AvgIpc) is 2.97. The van der Waals surface area contributed by atoms with Crippen molar-refractivity contribution < 1.29 is 22.0 Å². The highest BCUT2D eigenvalue weighted by Crippen LogP contribution is 2.48. The summed E-state index contributed by atoms with van der Waals surface area (Å²) in [6, 6.07) is 8.39. The highest BCUT2D eigenvalue weighted by Gasteiger charge is 2.45. The van der Waals surface area contributed by atoms with Crippen molar-refractivity contribution in [3.05, 3.63) is 75.4 Å². The summed E-state index contributed by atoms with van der Waals surface area (Å²) in [5, 5.41) is 3.19. The van der Waals surface area contributed by atoms with Crippen molar-refractivity contribution in [2.24, 2.45) is 5.41 Å². The molecule has 2 aliphatic rings. The van der Waals surface area contributed by atoms with Gasteiger partial charge in [0.2, 0.25) is 0 Å². The molecule has 0 saturated carbocycles. The molecule has 0 bridgehead atoms. The number of allylic oxidation sites excluding steroid dienone is 1. The van der Waals surface area contributed by atoms with Crippen molar-refractivity contribution in [2.75, 3.05) is 17.7 Å². The summed E-state index contributed by atoms with van der Waals surface area (Å²) in [5.41, 5.74) is 1.87. The third-order valence-electron chi connectivity index (χ3n) is 6.05. The van der Waals surface area contributed by atoms with Gasteiger partial charge in [0.15, 0.2) is 15.4 Å². The van der Waals surface area contributed by atoms with Gasteiger partial charge in [-0.15, -0.1) is 0 Å². The van der Waals surface area contributed by atoms with Gasteiger partial charge < -0.3 is 14.5 Å². The Morgan fingerprint density at radius 3 is 2.79 bits per heavy atom. The number of oxazole rings is 1. The van der Waals surface area contributed by atoms with Crippen molar-refractivity contribution >= 4 is 32.3 Å². The number of nitrogens with one attached hydrogen (secondary N) is 1. The predicted octanol–water partition coefficient (Wildman–Crippen LogP) is 4.87. The van der Waals surface area contributed by atoms with Crippen LogP contribution in [0, 0.1) is 11.2 Å². The van der Waals surface area contributed by atoms with Crippen molar-refractivity contribution in [1.82, 2.24) is 4.57 Å². The molecule has 9 heteroatoms. The molecule has 1 aromatic heterocycles. The van der Waals surface area contributed by atoms with Crippen LogP contribution in [0.5, 0.6) is 5.75 Å². The average molecular weight is 485 g/mol. The van der Waals surface area contributed by atoms with Gasteiger partial charge in [-0.2, -0.15) is 0 Å². The Hall–Kier alpha value is -3.33. The van der Waals surface area contributed by atoms with Crippen LogP contribution < -0.4 is 15.8 Å². The first kappa shape index (κ1) is 22.5. The number of sulfone groups is 1. The molecule has 0 fully saturated rings. The Kier molecular flexibility index (Phi) is 5.02. The Morgan fingerprint density at radius 2 is 2.09 bits per heavy atom. The summed E-state index contributed by atoms with van der Waals surface area (Å²) < 4.78 is 55.0. The van der Waals surface area contributed by atoms with E-state index in [0.29, 0.717) is 34.7 Å². The van der Waals surface area contributed by atoms with Gasteiger partial charge in [-0.05, 0) is 48.6 Å². The van der Waals surface area contributed by atoms with Crippen LogP contribution in [0.15, 0.2) is 62.7 Å². The molecule has 0 radical (unpaired) electrons. The lowest BCUT2D eigenvalue weighted by atomic mass is 9.88. The largest absolute Gasteiger partial charge is 0.489 e. The van der Waals surface area contributed by atoms with E-state index in [2.05, 4.69) is 11.9 Å². The first-order valence-electron chi connectivity index (χ1n) is 10.9. The van der Waals surface area contributed by atoms with Crippen molar-refractivity contribution in [2.45, 2.75) is 33.2 Å². The minimum absolute atomic E-state index is 0.0117. The molecule has 2 aromatic carbocycles. The zero-order valence-electron chi connectivity index (χ0n) is 19.1. The molecule has 0 saturated heterocycles. The van der Waals surface area contributed by atoms with Gasteiger partial charge in [-0.1, -0.05) is 26.5 Å². The fraction of sp³-hybridized carbons (Fsp3) is 0.320. The summed E-state index contributed by atoms with van der Waals surface area (Å²) in [6.45, 7) is 9.49. The zero-order valence-corrected chi connectivity index (χ0v) is 20.0. The summed E-state index contributed by atoms with van der Waals surface area (Å²) in [4.78, 5) is 12.9. The number of hydrogen-bond acceptors (Lipinski definition) is 6. The molecule has 1 atom stereocenters. The maximum absolute atomic E-state index is 15.4. The van der Waals surface area contributed by atoms with E-state index in [1.807, 2.05) is 13.8 Å². The van der Waals surface area contributed by atoms with Gasteiger partial charge in [0.25, 0.3) is 0 Å². The van der Waals surface area contributed by atoms with Gasteiger partial charge in [-0.25, -0.2) is 22.2 Å². The fourth-order valence-electron chi connectivity index (χ4n) is 4.80. The monoisotopic (exact) mass is 484 g/mol. The third-order valence-corrected chi connectivity index (χ3v) is 8.35. The lowest BCUT2D eigenvalue weighted by Gasteiger charge is -2.34. The second-order valence-corrected chi connectivity index (χ2v) is 11.7. The third kappa shape index (κ3) is 3.64. The predicted molar refractivity (Wildman–Crippen MR) is 129 cm³/mol. The van der Waals surface area contributed by atoms with Crippen molar-refractivity contribution in [3.63, 3.8) is 0 Å². The molecule has 3 heterocycles. The molecule has 0 spiro atoms. The Bertz CT molecular complexity index is 1540. The van der Waals surface area contributed by atoms with E-state index in [-0.39, 0.29) is 22.8 Å². The lowest BCUT2D eigenvalue weighted by Crippen LogP contribution is -2.36. The van der Waals surface area contributed by atoms with Crippen LogP contribution in [0.25, 0.3) is 16.8 Å². The van der Waals surface area contributed by atoms with Gasteiger partial charge in [0.1, 0.15) is 23.7 Å². The summed E-state index contributed by atoms with van der Waals surface area (Å²) >= 11 is 0. The molecule has 1 unspecified atom stereocenters. The van der Waals surface area contributed by atoms with E-state index in [1.54, 1.807) is 31.2 Å². The van der Waals surface area contributed by atoms with Gasteiger partial charge >= 0.3 is 5.76 Å². The molecule has 0 aliphatic carbocycles. The molecule has 5 rings (SSSR count). The molecule has 3 aromatic rings. The lowest BCUT2D eigenvalue weighted by molar-refractivity contribution is 0.350. The number of anilines is 1. The van der Waals surface area contributed by atoms with E-state index in [0.717, 1.165) is 5.57 Å². The summed E-state index contributed by atoms with van der Waals surface area (Å²) in [6.07, 6.45) is 0.310. The molecule has 178 valence electrons. The van der Waals surface area contributed by atoms with Gasteiger partial charge in [-0.3, -0.25) is 0 Å². The molecular weight excluding hydrogens is 459 g/mol. The number of halogens is 1. The summed E-state index contributed by atoms with van der Waals surface area (Å²) in [5.74, 6) is -1.10.